The highest BCUT2D eigenvalue weighted by Gasteiger charge is 2.47. The Morgan fingerprint density at radius 1 is 1.36 bits per heavy atom. The van der Waals surface area contributed by atoms with Crippen molar-refractivity contribution in [3.8, 4) is 0 Å². The Morgan fingerprint density at radius 3 is 2.77 bits per heavy atom. The van der Waals surface area contributed by atoms with E-state index in [1.165, 1.54) is 0 Å². The van der Waals surface area contributed by atoms with Gasteiger partial charge in [0.05, 0.1) is 6.04 Å². The zero-order chi connectivity index (χ0) is 15.7. The van der Waals surface area contributed by atoms with Gasteiger partial charge in [-0.2, -0.15) is 0 Å². The molecular formula is C15H24N2O5. The van der Waals surface area contributed by atoms with E-state index >= 15 is 0 Å². The van der Waals surface area contributed by atoms with Gasteiger partial charge in [-0.25, -0.2) is 4.79 Å². The maximum absolute atomic E-state index is 12.8. The third-order valence-electron chi connectivity index (χ3n) is 5.28. The zero-order valence-corrected chi connectivity index (χ0v) is 13.1. The standard InChI is InChI=1S/C15H24N2O5/c1-15(20-2,9-3-5-21-6-4-9)13(18)17-11-7-10-8-12(11)22-14(19)16-10/h9-12H,3-8H2,1-2H3,(H,16,19)(H,17,18)/t10-,11-,12-,15?/m1/s1. The third-order valence-corrected chi connectivity index (χ3v) is 5.28. The average molecular weight is 312 g/mol. The molecule has 1 aliphatic carbocycles. The van der Waals surface area contributed by atoms with Gasteiger partial charge in [0.25, 0.3) is 5.91 Å². The Balaban J connectivity index is 1.66. The minimum absolute atomic E-state index is 0.0911. The lowest BCUT2D eigenvalue weighted by Crippen LogP contribution is -2.56. The largest absolute Gasteiger partial charge is 0.444 e. The molecule has 0 spiro atoms. The third kappa shape index (κ3) is 2.79. The number of methoxy groups -OCH3 is 1. The number of nitrogens with one attached hydrogen (secondary N) is 2. The summed E-state index contributed by atoms with van der Waals surface area (Å²) in [7, 11) is 1.57. The maximum atomic E-state index is 12.8. The van der Waals surface area contributed by atoms with Gasteiger partial charge < -0.3 is 24.8 Å². The summed E-state index contributed by atoms with van der Waals surface area (Å²) < 4.78 is 16.2. The van der Waals surface area contributed by atoms with Gasteiger partial charge in [-0.05, 0) is 26.2 Å². The molecule has 4 atom stereocenters. The van der Waals surface area contributed by atoms with Gasteiger partial charge in [0.1, 0.15) is 11.7 Å². The van der Waals surface area contributed by atoms with Crippen LogP contribution < -0.4 is 10.6 Å². The molecule has 2 N–H and O–H groups in total. The van der Waals surface area contributed by atoms with Crippen LogP contribution in [0.2, 0.25) is 0 Å². The Labute approximate surface area is 130 Å². The minimum Gasteiger partial charge on any atom is -0.444 e. The predicted molar refractivity (Wildman–Crippen MR) is 77.3 cm³/mol. The second-order valence-electron chi connectivity index (χ2n) is 6.53. The lowest BCUT2D eigenvalue weighted by Gasteiger charge is -2.38. The number of hydrogen-bond donors (Lipinski definition) is 2. The second kappa shape index (κ2) is 6.04. The van der Waals surface area contributed by atoms with Crippen molar-refractivity contribution in [2.75, 3.05) is 20.3 Å². The van der Waals surface area contributed by atoms with E-state index in [0.717, 1.165) is 19.3 Å². The first-order chi connectivity index (χ1) is 10.5. The highest BCUT2D eigenvalue weighted by Crippen LogP contribution is 2.32. The van der Waals surface area contributed by atoms with Crippen LogP contribution >= 0.6 is 0 Å². The molecule has 1 saturated carbocycles. The van der Waals surface area contributed by atoms with E-state index < -0.39 is 11.7 Å². The van der Waals surface area contributed by atoms with Gasteiger partial charge in [0.2, 0.25) is 0 Å². The van der Waals surface area contributed by atoms with Crippen LogP contribution in [0.4, 0.5) is 4.79 Å². The number of rotatable bonds is 4. The molecule has 22 heavy (non-hydrogen) atoms. The first-order valence-electron chi connectivity index (χ1n) is 7.94. The number of hydrogen-bond acceptors (Lipinski definition) is 5. The van der Waals surface area contributed by atoms with Crippen LogP contribution in [0.3, 0.4) is 0 Å². The van der Waals surface area contributed by atoms with E-state index in [1.54, 1.807) is 7.11 Å². The summed E-state index contributed by atoms with van der Waals surface area (Å²) in [6.07, 6.45) is 2.44. The molecule has 0 aromatic rings. The maximum Gasteiger partial charge on any atom is 0.407 e. The summed E-state index contributed by atoms with van der Waals surface area (Å²) >= 11 is 0. The van der Waals surface area contributed by atoms with Gasteiger partial charge in [-0.1, -0.05) is 0 Å². The SMILES string of the molecule is COC(C)(C(=O)N[C@@H]1C[C@@H]2C[C@H]1OC(=O)N2)C1CCOCC1. The molecule has 7 heteroatoms. The monoisotopic (exact) mass is 312 g/mol. The van der Waals surface area contributed by atoms with E-state index in [2.05, 4.69) is 10.6 Å². The molecule has 2 bridgehead atoms. The van der Waals surface area contributed by atoms with Gasteiger partial charge in [0, 0.05) is 38.7 Å². The highest BCUT2D eigenvalue weighted by molar-refractivity contribution is 5.85. The molecule has 3 rings (SSSR count). The fraction of sp³-hybridized carbons (Fsp3) is 0.867. The summed E-state index contributed by atoms with van der Waals surface area (Å²) in [5.74, 6) is 0.00297. The van der Waals surface area contributed by atoms with E-state index in [-0.39, 0.29) is 30.0 Å². The van der Waals surface area contributed by atoms with E-state index in [0.29, 0.717) is 19.6 Å². The van der Waals surface area contributed by atoms with Crippen molar-refractivity contribution in [3.05, 3.63) is 0 Å². The van der Waals surface area contributed by atoms with Crippen LogP contribution in [-0.2, 0) is 19.0 Å². The average Bonchev–Trinajstić information content (AvgIpc) is 2.81. The molecule has 124 valence electrons. The minimum atomic E-state index is -0.877. The lowest BCUT2D eigenvalue weighted by molar-refractivity contribution is -0.154. The molecule has 3 aliphatic rings. The first kappa shape index (κ1) is 15.6. The molecule has 2 heterocycles. The highest BCUT2D eigenvalue weighted by atomic mass is 16.6. The Morgan fingerprint density at radius 2 is 2.09 bits per heavy atom. The molecule has 0 aromatic heterocycles. The fourth-order valence-electron chi connectivity index (χ4n) is 3.74. The molecule has 7 nitrogen and oxygen atoms in total. The number of carbonyl (C=O) groups is 2. The van der Waals surface area contributed by atoms with Crippen molar-refractivity contribution in [1.82, 2.24) is 10.6 Å². The number of ether oxygens (including phenoxy) is 3. The van der Waals surface area contributed by atoms with E-state index in [1.807, 2.05) is 6.92 Å². The first-order valence-corrected chi connectivity index (χ1v) is 7.94. The molecule has 0 aromatic carbocycles. The number of carbonyl (C=O) groups excluding carboxylic acids is 2. The van der Waals surface area contributed by atoms with Crippen LogP contribution in [0.5, 0.6) is 0 Å². The lowest BCUT2D eigenvalue weighted by atomic mass is 9.82. The van der Waals surface area contributed by atoms with Crippen molar-refractivity contribution in [1.29, 1.82) is 0 Å². The number of fused-ring (bicyclic) bond motifs is 2. The summed E-state index contributed by atoms with van der Waals surface area (Å²) in [4.78, 5) is 24.2. The fourth-order valence-corrected chi connectivity index (χ4v) is 3.74. The molecule has 2 amide bonds. The summed E-state index contributed by atoms with van der Waals surface area (Å²) in [5, 5.41) is 5.80. The quantitative estimate of drug-likeness (QED) is 0.793. The summed E-state index contributed by atoms with van der Waals surface area (Å²) in [6, 6.07) is -0.0563. The van der Waals surface area contributed by atoms with Crippen molar-refractivity contribution in [2.24, 2.45) is 5.92 Å². The van der Waals surface area contributed by atoms with E-state index in [4.69, 9.17) is 14.2 Å². The topological polar surface area (TPSA) is 85.9 Å². The Hall–Kier alpha value is -1.34. The van der Waals surface area contributed by atoms with E-state index in [9.17, 15) is 9.59 Å². The predicted octanol–water partition coefficient (Wildman–Crippen LogP) is 0.574. The Bertz CT molecular complexity index is 451. The molecule has 1 unspecified atom stereocenters. The van der Waals surface area contributed by atoms with Crippen LogP contribution in [0.15, 0.2) is 0 Å². The molecular weight excluding hydrogens is 288 g/mol. The smallest absolute Gasteiger partial charge is 0.407 e. The number of alkyl carbamates (subject to hydrolysis) is 1. The number of amides is 2. The van der Waals surface area contributed by atoms with Gasteiger partial charge in [-0.3, -0.25) is 4.79 Å². The normalized spacial score (nSPS) is 34.5. The summed E-state index contributed by atoms with van der Waals surface area (Å²) in [6.45, 7) is 3.16. The molecule has 2 aliphatic heterocycles. The van der Waals surface area contributed by atoms with Crippen LogP contribution in [0.1, 0.15) is 32.6 Å². The van der Waals surface area contributed by atoms with Crippen molar-refractivity contribution in [2.45, 2.75) is 56.4 Å². The van der Waals surface area contributed by atoms with Crippen LogP contribution in [0.25, 0.3) is 0 Å². The van der Waals surface area contributed by atoms with Crippen LogP contribution in [0, 0.1) is 5.92 Å². The molecule has 2 saturated heterocycles. The van der Waals surface area contributed by atoms with Gasteiger partial charge in [0.15, 0.2) is 0 Å². The van der Waals surface area contributed by atoms with Crippen molar-refractivity contribution >= 4 is 12.0 Å². The Kier molecular flexibility index (Phi) is 4.27. The van der Waals surface area contributed by atoms with Crippen molar-refractivity contribution < 1.29 is 23.8 Å². The molecule has 3 fully saturated rings. The zero-order valence-electron chi connectivity index (χ0n) is 13.1. The molecule has 0 radical (unpaired) electrons. The van der Waals surface area contributed by atoms with Crippen LogP contribution in [-0.4, -0.2) is 56.1 Å². The van der Waals surface area contributed by atoms with Gasteiger partial charge in [-0.15, -0.1) is 0 Å². The van der Waals surface area contributed by atoms with Gasteiger partial charge >= 0.3 is 6.09 Å². The summed E-state index contributed by atoms with van der Waals surface area (Å²) in [5.41, 5.74) is -0.877. The van der Waals surface area contributed by atoms with Crippen molar-refractivity contribution in [3.63, 3.8) is 0 Å². The second-order valence-corrected chi connectivity index (χ2v) is 6.53.